The molecule has 4 nitrogen and oxygen atoms in total. The van der Waals surface area contributed by atoms with Gasteiger partial charge in [0.1, 0.15) is 0 Å². The van der Waals surface area contributed by atoms with E-state index in [1.54, 1.807) is 0 Å². The number of hydrogen-bond acceptors (Lipinski definition) is 3. The fourth-order valence-corrected chi connectivity index (χ4v) is 5.38. The maximum absolute atomic E-state index is 13.2. The van der Waals surface area contributed by atoms with E-state index in [9.17, 15) is 9.59 Å². The number of carbonyl (C=O) groups excluding carboxylic acids is 2. The number of thioether (sulfide) groups is 1. The molecule has 1 fully saturated rings. The summed E-state index contributed by atoms with van der Waals surface area (Å²) in [5, 5.41) is 1.52. The molecule has 2 amide bonds. The first-order valence-electron chi connectivity index (χ1n) is 11.0. The number of imide groups is 1. The van der Waals surface area contributed by atoms with Crippen LogP contribution in [0.4, 0.5) is 4.79 Å². The predicted molar refractivity (Wildman–Crippen MR) is 140 cm³/mol. The number of hydrogen-bond donors (Lipinski definition) is 0. The highest BCUT2D eigenvalue weighted by atomic mass is 35.5. The van der Waals surface area contributed by atoms with Crippen molar-refractivity contribution in [1.29, 1.82) is 0 Å². The van der Waals surface area contributed by atoms with Gasteiger partial charge in [-0.2, -0.15) is 0 Å². The van der Waals surface area contributed by atoms with Crippen LogP contribution in [-0.2, 0) is 17.9 Å². The number of carbonyl (C=O) groups is 2. The molecule has 0 unspecified atom stereocenters. The molecule has 6 heteroatoms. The Hall–Kier alpha value is -3.28. The van der Waals surface area contributed by atoms with Crippen LogP contribution < -0.4 is 0 Å². The van der Waals surface area contributed by atoms with Crippen molar-refractivity contribution in [1.82, 2.24) is 9.47 Å². The lowest BCUT2D eigenvalue weighted by molar-refractivity contribution is -0.123. The number of nitrogens with zero attached hydrogens (tertiary/aromatic N) is 2. The van der Waals surface area contributed by atoms with Crippen LogP contribution in [0.15, 0.2) is 77.7 Å². The summed E-state index contributed by atoms with van der Waals surface area (Å²) in [6, 6.07) is 23.7. The Labute approximate surface area is 207 Å². The van der Waals surface area contributed by atoms with Crippen molar-refractivity contribution in [3.8, 4) is 0 Å². The van der Waals surface area contributed by atoms with E-state index in [2.05, 4.69) is 16.7 Å². The fourth-order valence-electron chi connectivity index (χ4n) is 4.37. The summed E-state index contributed by atoms with van der Waals surface area (Å²) < 4.78 is 2.21. The van der Waals surface area contributed by atoms with E-state index in [1.165, 1.54) is 4.90 Å². The molecule has 1 aromatic heterocycles. The lowest BCUT2D eigenvalue weighted by atomic mass is 10.1. The summed E-state index contributed by atoms with van der Waals surface area (Å²) in [5.41, 5.74) is 6.09. The molecule has 4 aromatic rings. The third-order valence-electron chi connectivity index (χ3n) is 6.30. The Morgan fingerprint density at radius 1 is 0.853 bits per heavy atom. The van der Waals surface area contributed by atoms with E-state index in [-0.39, 0.29) is 17.7 Å². The van der Waals surface area contributed by atoms with Gasteiger partial charge in [0.25, 0.3) is 11.1 Å². The number of para-hydroxylation sites is 1. The molecule has 0 aliphatic carbocycles. The monoisotopic (exact) mass is 486 g/mol. The van der Waals surface area contributed by atoms with Crippen LogP contribution in [0.3, 0.4) is 0 Å². The van der Waals surface area contributed by atoms with Gasteiger partial charge in [-0.1, -0.05) is 72.3 Å². The average Bonchev–Trinajstić information content (AvgIpc) is 3.25. The van der Waals surface area contributed by atoms with Crippen LogP contribution >= 0.6 is 23.4 Å². The van der Waals surface area contributed by atoms with Crippen LogP contribution in [0.25, 0.3) is 17.0 Å². The Bertz CT molecular complexity index is 1470. The predicted octanol–water partition coefficient (Wildman–Crippen LogP) is 7.20. The molecule has 1 aliphatic rings. The molecule has 1 aliphatic heterocycles. The molecule has 0 spiro atoms. The van der Waals surface area contributed by atoms with Crippen molar-refractivity contribution >= 4 is 51.5 Å². The molecule has 0 atom stereocenters. The number of fused-ring (bicyclic) bond motifs is 1. The molecular weight excluding hydrogens is 464 g/mol. The van der Waals surface area contributed by atoms with Gasteiger partial charge in [0.15, 0.2) is 0 Å². The molecule has 0 saturated carbocycles. The third-order valence-corrected chi connectivity index (χ3v) is 7.58. The molecule has 34 heavy (non-hydrogen) atoms. The molecule has 0 N–H and O–H groups in total. The van der Waals surface area contributed by atoms with E-state index in [1.807, 2.05) is 80.6 Å². The van der Waals surface area contributed by atoms with Gasteiger partial charge in [-0.15, -0.1) is 0 Å². The number of aryl methyl sites for hydroxylation is 1. The lowest BCUT2D eigenvalue weighted by Crippen LogP contribution is -2.27. The van der Waals surface area contributed by atoms with Crippen molar-refractivity contribution in [3.05, 3.63) is 111 Å². The highest BCUT2D eigenvalue weighted by molar-refractivity contribution is 8.18. The Kier molecular flexibility index (Phi) is 6.07. The largest absolute Gasteiger partial charge is 0.340 e. The van der Waals surface area contributed by atoms with E-state index < -0.39 is 0 Å². The molecule has 0 radical (unpaired) electrons. The summed E-state index contributed by atoms with van der Waals surface area (Å²) in [6.45, 7) is 4.93. The number of benzene rings is 3. The summed E-state index contributed by atoms with van der Waals surface area (Å²) >= 11 is 7.44. The average molecular weight is 487 g/mol. The standard InChI is InChI=1S/C28H23ClN2O2S/c1-18-9-3-4-10-20(18)16-31-27(32)26(34-28(31)33)15-23-19(2)30(25-14-8-6-12-22(23)25)17-21-11-5-7-13-24(21)29/h3-15H,16-17H2,1-2H3/b26-15-. The van der Waals surface area contributed by atoms with Crippen molar-refractivity contribution in [2.75, 3.05) is 0 Å². The quantitative estimate of drug-likeness (QED) is 0.280. The van der Waals surface area contributed by atoms with Crippen LogP contribution in [-0.4, -0.2) is 20.6 Å². The van der Waals surface area contributed by atoms with Gasteiger partial charge in [-0.25, -0.2) is 0 Å². The molecular formula is C28H23ClN2O2S. The lowest BCUT2D eigenvalue weighted by Gasteiger charge is -2.14. The number of rotatable bonds is 5. The summed E-state index contributed by atoms with van der Waals surface area (Å²) in [4.78, 5) is 27.7. The molecule has 2 heterocycles. The van der Waals surface area contributed by atoms with Crippen LogP contribution in [0.5, 0.6) is 0 Å². The normalized spacial score (nSPS) is 15.1. The van der Waals surface area contributed by atoms with Crippen LogP contribution in [0, 0.1) is 13.8 Å². The van der Waals surface area contributed by atoms with Gasteiger partial charge in [-0.05, 0) is 60.5 Å². The van der Waals surface area contributed by atoms with E-state index >= 15 is 0 Å². The minimum Gasteiger partial charge on any atom is -0.340 e. The summed E-state index contributed by atoms with van der Waals surface area (Å²) in [7, 11) is 0. The second kappa shape index (κ2) is 9.16. The molecule has 5 rings (SSSR count). The second-order valence-electron chi connectivity index (χ2n) is 8.39. The first-order valence-corrected chi connectivity index (χ1v) is 12.2. The van der Waals surface area contributed by atoms with Gasteiger partial charge in [0.2, 0.25) is 0 Å². The Balaban J connectivity index is 1.53. The molecule has 170 valence electrons. The van der Waals surface area contributed by atoms with Crippen LogP contribution in [0.2, 0.25) is 5.02 Å². The fraction of sp³-hybridized carbons (Fsp3) is 0.143. The van der Waals surface area contributed by atoms with Gasteiger partial charge in [0.05, 0.1) is 11.4 Å². The topological polar surface area (TPSA) is 42.3 Å². The molecule has 1 saturated heterocycles. The van der Waals surface area contributed by atoms with E-state index in [0.29, 0.717) is 11.4 Å². The maximum atomic E-state index is 13.2. The maximum Gasteiger partial charge on any atom is 0.293 e. The first-order chi connectivity index (χ1) is 16.4. The van der Waals surface area contributed by atoms with Gasteiger partial charge in [0, 0.05) is 33.7 Å². The van der Waals surface area contributed by atoms with Gasteiger partial charge >= 0.3 is 0 Å². The summed E-state index contributed by atoms with van der Waals surface area (Å²) in [6.07, 6.45) is 1.86. The highest BCUT2D eigenvalue weighted by Gasteiger charge is 2.35. The minimum atomic E-state index is -0.249. The Morgan fingerprint density at radius 2 is 1.53 bits per heavy atom. The van der Waals surface area contributed by atoms with Crippen LogP contribution in [0.1, 0.15) is 27.9 Å². The summed E-state index contributed by atoms with van der Waals surface area (Å²) in [5.74, 6) is -0.249. The van der Waals surface area contributed by atoms with Crippen molar-refractivity contribution in [3.63, 3.8) is 0 Å². The zero-order chi connectivity index (χ0) is 23.8. The zero-order valence-electron chi connectivity index (χ0n) is 18.9. The van der Waals surface area contributed by atoms with Gasteiger partial charge < -0.3 is 4.57 Å². The Morgan fingerprint density at radius 3 is 2.29 bits per heavy atom. The minimum absolute atomic E-state index is 0.239. The smallest absolute Gasteiger partial charge is 0.293 e. The number of halogens is 1. The number of aromatic nitrogens is 1. The SMILES string of the molecule is Cc1ccccc1CN1C(=O)S/C(=C\c2c(C)n(Cc3ccccc3Cl)c3ccccc23)C1=O. The number of amides is 2. The van der Waals surface area contributed by atoms with Crippen molar-refractivity contribution < 1.29 is 9.59 Å². The van der Waals surface area contributed by atoms with E-state index in [0.717, 1.165) is 55.6 Å². The van der Waals surface area contributed by atoms with Crippen molar-refractivity contribution in [2.24, 2.45) is 0 Å². The highest BCUT2D eigenvalue weighted by Crippen LogP contribution is 2.37. The molecule has 3 aromatic carbocycles. The van der Waals surface area contributed by atoms with Gasteiger partial charge in [-0.3, -0.25) is 14.5 Å². The third kappa shape index (κ3) is 4.06. The second-order valence-corrected chi connectivity index (χ2v) is 9.79. The first kappa shape index (κ1) is 22.5. The van der Waals surface area contributed by atoms with Crippen molar-refractivity contribution in [2.45, 2.75) is 26.9 Å². The zero-order valence-corrected chi connectivity index (χ0v) is 20.5. The molecule has 0 bridgehead atoms. The van der Waals surface area contributed by atoms with E-state index in [4.69, 9.17) is 11.6 Å².